The molecular weight excluding hydrogens is 420 g/mol. The molecule has 8 heteroatoms. The molecule has 1 N–H and O–H groups in total. The van der Waals surface area contributed by atoms with Crippen LogP contribution >= 0.6 is 0 Å². The van der Waals surface area contributed by atoms with E-state index in [0.29, 0.717) is 25.3 Å². The molecule has 2 aliphatic rings. The number of rotatable bonds is 6. The van der Waals surface area contributed by atoms with Gasteiger partial charge in [0, 0.05) is 49.5 Å². The molecule has 0 spiro atoms. The molecule has 3 amide bonds. The number of hydrogen-bond acceptors (Lipinski definition) is 5. The molecule has 2 heterocycles. The minimum absolute atomic E-state index is 0.00423. The zero-order valence-electron chi connectivity index (χ0n) is 20.4. The number of likely N-dealkylation sites (N-methyl/N-ethyl adjacent to an activating group) is 1. The Kier molecular flexibility index (Phi) is 8.35. The van der Waals surface area contributed by atoms with Gasteiger partial charge in [-0.25, -0.2) is 0 Å². The van der Waals surface area contributed by atoms with Crippen molar-refractivity contribution >= 4 is 29.1 Å². The van der Waals surface area contributed by atoms with Gasteiger partial charge in [0.15, 0.2) is 0 Å². The molecule has 8 nitrogen and oxygen atoms in total. The van der Waals surface area contributed by atoms with Gasteiger partial charge in [-0.3, -0.25) is 14.4 Å². The highest BCUT2D eigenvalue weighted by Crippen LogP contribution is 2.25. The topological polar surface area (TPSA) is 82.2 Å². The van der Waals surface area contributed by atoms with Gasteiger partial charge in [0.05, 0.1) is 25.7 Å². The van der Waals surface area contributed by atoms with Gasteiger partial charge in [-0.05, 0) is 44.0 Å². The summed E-state index contributed by atoms with van der Waals surface area (Å²) in [5.74, 6) is -0.462. The van der Waals surface area contributed by atoms with E-state index >= 15 is 0 Å². The lowest BCUT2D eigenvalue weighted by Gasteiger charge is -2.37. The standard InChI is InChI=1S/C25H38N4O4/c1-5-27(23(31)19-7-6-12-29(17-19)24(32)25(2,3)4)18-22(30)26-20-8-10-21(11-9-20)28-13-15-33-16-14-28/h8-11,19H,5-7,12-18H2,1-4H3,(H,26,30). The number of anilines is 2. The summed E-state index contributed by atoms with van der Waals surface area (Å²) < 4.78 is 5.39. The number of hydrogen-bond donors (Lipinski definition) is 1. The molecule has 0 aliphatic carbocycles. The number of amides is 3. The molecule has 1 aromatic carbocycles. The van der Waals surface area contributed by atoms with Gasteiger partial charge >= 0.3 is 0 Å². The van der Waals surface area contributed by atoms with E-state index in [-0.39, 0.29) is 30.2 Å². The van der Waals surface area contributed by atoms with E-state index in [9.17, 15) is 14.4 Å². The highest BCUT2D eigenvalue weighted by molar-refractivity contribution is 5.95. The molecule has 2 saturated heterocycles. The van der Waals surface area contributed by atoms with Crippen LogP contribution in [0, 0.1) is 11.3 Å². The minimum atomic E-state index is -0.466. The van der Waals surface area contributed by atoms with Crippen molar-refractivity contribution in [2.75, 3.05) is 62.7 Å². The Morgan fingerprint density at radius 2 is 1.76 bits per heavy atom. The molecule has 2 aliphatic heterocycles. The van der Waals surface area contributed by atoms with Crippen molar-refractivity contribution in [3.8, 4) is 0 Å². The second-order valence-corrected chi connectivity index (χ2v) is 9.89. The molecular formula is C25H38N4O4. The predicted octanol–water partition coefficient (Wildman–Crippen LogP) is 2.59. The molecule has 0 saturated carbocycles. The lowest BCUT2D eigenvalue weighted by atomic mass is 9.90. The van der Waals surface area contributed by atoms with Crippen LogP contribution in [0.15, 0.2) is 24.3 Å². The summed E-state index contributed by atoms with van der Waals surface area (Å²) in [4.78, 5) is 44.1. The minimum Gasteiger partial charge on any atom is -0.378 e. The van der Waals surface area contributed by atoms with Crippen LogP contribution in [0.5, 0.6) is 0 Å². The molecule has 0 bridgehead atoms. The summed E-state index contributed by atoms with van der Waals surface area (Å²) >= 11 is 0. The Labute approximate surface area is 197 Å². The highest BCUT2D eigenvalue weighted by Gasteiger charge is 2.35. The third-order valence-electron chi connectivity index (χ3n) is 6.25. The maximum atomic E-state index is 13.1. The zero-order chi connectivity index (χ0) is 24.0. The summed E-state index contributed by atoms with van der Waals surface area (Å²) in [6.45, 7) is 12.3. The van der Waals surface area contributed by atoms with Crippen molar-refractivity contribution in [3.63, 3.8) is 0 Å². The summed E-state index contributed by atoms with van der Waals surface area (Å²) in [7, 11) is 0. The molecule has 1 unspecified atom stereocenters. The highest BCUT2D eigenvalue weighted by atomic mass is 16.5. The van der Waals surface area contributed by atoms with Crippen LogP contribution in [-0.2, 0) is 19.1 Å². The monoisotopic (exact) mass is 458 g/mol. The van der Waals surface area contributed by atoms with Crippen LogP contribution in [0.3, 0.4) is 0 Å². The smallest absolute Gasteiger partial charge is 0.243 e. The van der Waals surface area contributed by atoms with Gasteiger partial charge in [-0.2, -0.15) is 0 Å². The molecule has 1 atom stereocenters. The molecule has 2 fully saturated rings. The van der Waals surface area contributed by atoms with Crippen LogP contribution in [0.1, 0.15) is 40.5 Å². The van der Waals surface area contributed by atoms with Gasteiger partial charge in [0.1, 0.15) is 0 Å². The number of morpholine rings is 1. The van der Waals surface area contributed by atoms with Crippen LogP contribution in [0.4, 0.5) is 11.4 Å². The molecule has 1 aromatic rings. The summed E-state index contributed by atoms with van der Waals surface area (Å²) in [5.41, 5.74) is 1.35. The second kappa shape index (κ2) is 11.0. The third-order valence-corrected chi connectivity index (χ3v) is 6.25. The van der Waals surface area contributed by atoms with Crippen molar-refractivity contribution in [2.45, 2.75) is 40.5 Å². The number of ether oxygens (including phenoxy) is 1. The van der Waals surface area contributed by atoms with Crippen LogP contribution in [-0.4, -0.2) is 80.0 Å². The van der Waals surface area contributed by atoms with Crippen molar-refractivity contribution in [2.24, 2.45) is 11.3 Å². The maximum Gasteiger partial charge on any atom is 0.243 e. The number of carbonyl (C=O) groups is 3. The average Bonchev–Trinajstić information content (AvgIpc) is 2.82. The summed E-state index contributed by atoms with van der Waals surface area (Å²) in [5, 5.41) is 2.90. The van der Waals surface area contributed by atoms with Crippen LogP contribution < -0.4 is 10.2 Å². The average molecular weight is 459 g/mol. The van der Waals surface area contributed by atoms with E-state index in [1.165, 1.54) is 0 Å². The number of benzene rings is 1. The van der Waals surface area contributed by atoms with E-state index < -0.39 is 5.41 Å². The SMILES string of the molecule is CCN(CC(=O)Nc1ccc(N2CCOCC2)cc1)C(=O)C1CCCN(C(=O)C(C)(C)C)C1. The molecule has 182 valence electrons. The number of nitrogens with one attached hydrogen (secondary N) is 1. The number of likely N-dealkylation sites (tertiary alicyclic amines) is 1. The Hall–Kier alpha value is -2.61. The Morgan fingerprint density at radius 1 is 1.09 bits per heavy atom. The van der Waals surface area contributed by atoms with E-state index in [2.05, 4.69) is 10.2 Å². The Bertz CT molecular complexity index is 828. The first-order valence-electron chi connectivity index (χ1n) is 12.0. The zero-order valence-corrected chi connectivity index (χ0v) is 20.4. The summed E-state index contributed by atoms with van der Waals surface area (Å²) in [6, 6.07) is 7.76. The second-order valence-electron chi connectivity index (χ2n) is 9.89. The van der Waals surface area contributed by atoms with E-state index in [0.717, 1.165) is 44.8 Å². The molecule has 0 radical (unpaired) electrons. The van der Waals surface area contributed by atoms with E-state index in [1.807, 2.05) is 52.0 Å². The third kappa shape index (κ3) is 6.69. The van der Waals surface area contributed by atoms with Crippen LogP contribution in [0.2, 0.25) is 0 Å². The van der Waals surface area contributed by atoms with Crippen molar-refractivity contribution in [1.82, 2.24) is 9.80 Å². The lowest BCUT2D eigenvalue weighted by molar-refractivity contribution is -0.146. The van der Waals surface area contributed by atoms with E-state index in [1.54, 1.807) is 9.80 Å². The maximum absolute atomic E-state index is 13.1. The molecule has 0 aromatic heterocycles. The number of nitrogens with zero attached hydrogens (tertiary/aromatic N) is 3. The van der Waals surface area contributed by atoms with E-state index in [4.69, 9.17) is 4.74 Å². The largest absolute Gasteiger partial charge is 0.378 e. The summed E-state index contributed by atoms with van der Waals surface area (Å²) in [6.07, 6.45) is 1.55. The first-order chi connectivity index (χ1) is 15.7. The van der Waals surface area contributed by atoms with Gasteiger partial charge in [0.2, 0.25) is 17.7 Å². The molecule has 3 rings (SSSR count). The van der Waals surface area contributed by atoms with Crippen molar-refractivity contribution in [3.05, 3.63) is 24.3 Å². The fourth-order valence-electron chi connectivity index (χ4n) is 4.39. The Balaban J connectivity index is 1.54. The number of piperidine rings is 1. The van der Waals surface area contributed by atoms with Gasteiger partial charge < -0.3 is 24.8 Å². The first-order valence-corrected chi connectivity index (χ1v) is 12.0. The van der Waals surface area contributed by atoms with Crippen molar-refractivity contribution in [1.29, 1.82) is 0 Å². The van der Waals surface area contributed by atoms with Crippen molar-refractivity contribution < 1.29 is 19.1 Å². The van der Waals surface area contributed by atoms with Crippen LogP contribution in [0.25, 0.3) is 0 Å². The predicted molar refractivity (Wildman–Crippen MR) is 129 cm³/mol. The Morgan fingerprint density at radius 3 is 2.36 bits per heavy atom. The number of carbonyl (C=O) groups excluding carboxylic acids is 3. The fraction of sp³-hybridized carbons (Fsp3) is 0.640. The molecule has 33 heavy (non-hydrogen) atoms. The quantitative estimate of drug-likeness (QED) is 0.709. The fourth-order valence-corrected chi connectivity index (χ4v) is 4.39. The first kappa shape index (κ1) is 25.0. The van der Waals surface area contributed by atoms with Gasteiger partial charge in [-0.15, -0.1) is 0 Å². The normalized spacial score (nSPS) is 19.2. The van der Waals surface area contributed by atoms with Gasteiger partial charge in [-0.1, -0.05) is 20.8 Å². The van der Waals surface area contributed by atoms with Gasteiger partial charge in [0.25, 0.3) is 0 Å². The lowest BCUT2D eigenvalue weighted by Crippen LogP contribution is -2.50.